The van der Waals surface area contributed by atoms with E-state index in [1.807, 2.05) is 6.07 Å². The summed E-state index contributed by atoms with van der Waals surface area (Å²) in [5.74, 6) is 0.560. The number of carbonyl (C=O) groups excluding carboxylic acids is 1. The van der Waals surface area contributed by atoms with E-state index in [0.717, 1.165) is 40.9 Å². The van der Waals surface area contributed by atoms with Gasteiger partial charge in [0, 0.05) is 38.1 Å². The average molecular weight is 397 g/mol. The normalized spacial score (nSPS) is 13.5. The van der Waals surface area contributed by atoms with Crippen molar-refractivity contribution in [1.29, 1.82) is 0 Å². The summed E-state index contributed by atoms with van der Waals surface area (Å²) in [5, 5.41) is 1.08. The molecule has 7 nitrogen and oxygen atoms in total. The SMILES string of the molecule is COCCC(=O)N(C)c1nc2c(s1)CN(c1cnc(Cl)c(OC)c1)CC2. The van der Waals surface area contributed by atoms with Crippen LogP contribution in [0.4, 0.5) is 10.8 Å². The van der Waals surface area contributed by atoms with Crippen molar-refractivity contribution in [3.05, 3.63) is 28.0 Å². The number of thiazole rings is 1. The summed E-state index contributed by atoms with van der Waals surface area (Å²) in [4.78, 5) is 26.0. The molecule has 0 atom stereocenters. The molecule has 0 N–H and O–H groups in total. The molecule has 0 spiro atoms. The topological polar surface area (TPSA) is 67.8 Å². The number of methoxy groups -OCH3 is 2. The largest absolute Gasteiger partial charge is 0.493 e. The number of fused-ring (bicyclic) bond motifs is 1. The van der Waals surface area contributed by atoms with Gasteiger partial charge in [-0.15, -0.1) is 0 Å². The summed E-state index contributed by atoms with van der Waals surface area (Å²) in [5.41, 5.74) is 2.01. The number of nitrogens with zero attached hydrogens (tertiary/aromatic N) is 4. The number of hydrogen-bond donors (Lipinski definition) is 0. The highest BCUT2D eigenvalue weighted by Crippen LogP contribution is 2.34. The van der Waals surface area contributed by atoms with Gasteiger partial charge in [-0.25, -0.2) is 9.97 Å². The molecule has 1 aliphatic heterocycles. The number of carbonyl (C=O) groups is 1. The van der Waals surface area contributed by atoms with Crippen LogP contribution in [0.25, 0.3) is 0 Å². The van der Waals surface area contributed by atoms with Crippen molar-refractivity contribution >= 4 is 39.7 Å². The van der Waals surface area contributed by atoms with Gasteiger partial charge in [-0.1, -0.05) is 22.9 Å². The minimum absolute atomic E-state index is 0.00133. The van der Waals surface area contributed by atoms with Gasteiger partial charge in [-0.05, 0) is 0 Å². The van der Waals surface area contributed by atoms with Crippen LogP contribution in [0.2, 0.25) is 5.15 Å². The van der Waals surface area contributed by atoms with Gasteiger partial charge < -0.3 is 14.4 Å². The lowest BCUT2D eigenvalue weighted by Gasteiger charge is -2.28. The lowest BCUT2D eigenvalue weighted by atomic mass is 10.1. The van der Waals surface area contributed by atoms with Crippen molar-refractivity contribution in [2.24, 2.45) is 0 Å². The van der Waals surface area contributed by atoms with Gasteiger partial charge in [0.1, 0.15) is 0 Å². The third-order valence-electron chi connectivity index (χ3n) is 4.28. The van der Waals surface area contributed by atoms with E-state index >= 15 is 0 Å². The Bertz CT molecular complexity index is 798. The summed E-state index contributed by atoms with van der Waals surface area (Å²) in [6.07, 6.45) is 2.91. The molecule has 3 heterocycles. The van der Waals surface area contributed by atoms with Crippen molar-refractivity contribution < 1.29 is 14.3 Å². The van der Waals surface area contributed by atoms with Gasteiger partial charge in [-0.2, -0.15) is 0 Å². The molecule has 0 aromatic carbocycles. The summed E-state index contributed by atoms with van der Waals surface area (Å²) in [6, 6.07) is 1.89. The fourth-order valence-electron chi connectivity index (χ4n) is 2.74. The zero-order valence-corrected chi connectivity index (χ0v) is 16.6. The van der Waals surface area contributed by atoms with E-state index in [0.29, 0.717) is 23.9 Å². The van der Waals surface area contributed by atoms with Crippen molar-refractivity contribution in [1.82, 2.24) is 9.97 Å². The van der Waals surface area contributed by atoms with Crippen molar-refractivity contribution in [2.75, 3.05) is 44.2 Å². The molecule has 0 fully saturated rings. The van der Waals surface area contributed by atoms with Gasteiger partial charge >= 0.3 is 0 Å². The maximum atomic E-state index is 12.2. The molecule has 0 radical (unpaired) electrons. The Morgan fingerprint density at radius 2 is 2.27 bits per heavy atom. The molecule has 0 saturated heterocycles. The molecule has 1 amide bonds. The molecule has 2 aromatic heterocycles. The van der Waals surface area contributed by atoms with Crippen LogP contribution in [0.5, 0.6) is 5.75 Å². The van der Waals surface area contributed by atoms with Crippen LogP contribution < -0.4 is 14.5 Å². The van der Waals surface area contributed by atoms with Gasteiger partial charge in [0.25, 0.3) is 0 Å². The zero-order chi connectivity index (χ0) is 18.7. The van der Waals surface area contributed by atoms with Gasteiger partial charge in [0.15, 0.2) is 16.0 Å². The molecule has 3 rings (SSSR count). The monoisotopic (exact) mass is 396 g/mol. The first-order valence-electron chi connectivity index (χ1n) is 8.22. The quantitative estimate of drug-likeness (QED) is 0.699. The molecular formula is C17H21ClN4O3S. The number of ether oxygens (including phenoxy) is 2. The number of hydrogen-bond acceptors (Lipinski definition) is 7. The van der Waals surface area contributed by atoms with E-state index in [1.165, 1.54) is 0 Å². The molecular weight excluding hydrogens is 376 g/mol. The lowest BCUT2D eigenvalue weighted by molar-refractivity contribution is -0.119. The van der Waals surface area contributed by atoms with E-state index in [2.05, 4.69) is 14.9 Å². The van der Waals surface area contributed by atoms with E-state index in [1.54, 1.807) is 43.7 Å². The Hall–Kier alpha value is -1.90. The summed E-state index contributed by atoms with van der Waals surface area (Å²) < 4.78 is 10.2. The minimum Gasteiger partial charge on any atom is -0.493 e. The van der Waals surface area contributed by atoms with Crippen LogP contribution in [-0.2, 0) is 22.5 Å². The molecule has 0 bridgehead atoms. The van der Waals surface area contributed by atoms with E-state index in [4.69, 9.17) is 21.1 Å². The number of halogens is 1. The summed E-state index contributed by atoms with van der Waals surface area (Å²) >= 11 is 7.56. The predicted molar refractivity (Wildman–Crippen MR) is 103 cm³/mol. The first-order chi connectivity index (χ1) is 12.5. The second kappa shape index (κ2) is 8.20. The van der Waals surface area contributed by atoms with Crippen LogP contribution in [-0.4, -0.2) is 50.3 Å². The van der Waals surface area contributed by atoms with Gasteiger partial charge in [-0.3, -0.25) is 9.69 Å². The Kier molecular flexibility index (Phi) is 5.95. The molecule has 26 heavy (non-hydrogen) atoms. The third kappa shape index (κ3) is 3.92. The van der Waals surface area contributed by atoms with Crippen LogP contribution in [0.1, 0.15) is 17.0 Å². The third-order valence-corrected chi connectivity index (χ3v) is 5.72. The minimum atomic E-state index is 0.00133. The molecule has 2 aromatic rings. The molecule has 1 aliphatic rings. The molecule has 0 saturated carbocycles. The highest BCUT2D eigenvalue weighted by molar-refractivity contribution is 7.16. The van der Waals surface area contributed by atoms with Crippen molar-refractivity contribution in [3.8, 4) is 5.75 Å². The summed E-state index contributed by atoms with van der Waals surface area (Å²) in [7, 11) is 4.92. The number of anilines is 2. The van der Waals surface area contributed by atoms with Crippen LogP contribution in [0.3, 0.4) is 0 Å². The first-order valence-corrected chi connectivity index (χ1v) is 9.41. The number of amides is 1. The fraction of sp³-hybridized carbons (Fsp3) is 0.471. The fourth-order valence-corrected chi connectivity index (χ4v) is 4.02. The van der Waals surface area contributed by atoms with E-state index < -0.39 is 0 Å². The maximum Gasteiger partial charge on any atom is 0.230 e. The van der Waals surface area contributed by atoms with Crippen LogP contribution in [0, 0.1) is 0 Å². The number of aromatic nitrogens is 2. The summed E-state index contributed by atoms with van der Waals surface area (Å²) in [6.45, 7) is 1.96. The van der Waals surface area contributed by atoms with E-state index in [9.17, 15) is 4.79 Å². The average Bonchev–Trinajstić information content (AvgIpc) is 3.09. The Labute approximate surface area is 161 Å². The highest BCUT2D eigenvalue weighted by atomic mass is 35.5. The van der Waals surface area contributed by atoms with E-state index in [-0.39, 0.29) is 5.91 Å². The highest BCUT2D eigenvalue weighted by Gasteiger charge is 2.24. The molecule has 0 aliphatic carbocycles. The van der Waals surface area contributed by atoms with Crippen molar-refractivity contribution in [3.63, 3.8) is 0 Å². The Balaban J connectivity index is 1.75. The predicted octanol–water partition coefficient (Wildman–Crippen LogP) is 2.76. The van der Waals surface area contributed by atoms with Crippen LogP contribution >= 0.6 is 22.9 Å². The second-order valence-electron chi connectivity index (χ2n) is 5.92. The molecule has 140 valence electrons. The second-order valence-corrected chi connectivity index (χ2v) is 7.34. The van der Waals surface area contributed by atoms with Gasteiger partial charge in [0.05, 0.1) is 44.3 Å². The Morgan fingerprint density at radius 1 is 1.46 bits per heavy atom. The smallest absolute Gasteiger partial charge is 0.230 e. The number of rotatable bonds is 6. The van der Waals surface area contributed by atoms with Crippen LogP contribution in [0.15, 0.2) is 12.3 Å². The molecule has 0 unspecified atom stereocenters. The standard InChI is InChI=1S/C17H21ClN4O3S/c1-21(15(23)5-7-24-2)17-20-12-4-6-22(10-14(12)26-17)11-8-13(25-3)16(18)19-9-11/h8-9H,4-7,10H2,1-3H3. The van der Waals surface area contributed by atoms with Crippen molar-refractivity contribution in [2.45, 2.75) is 19.4 Å². The Morgan fingerprint density at radius 3 is 3.00 bits per heavy atom. The first kappa shape index (κ1) is 18.9. The number of pyridine rings is 1. The van der Waals surface area contributed by atoms with Gasteiger partial charge in [0.2, 0.25) is 5.91 Å². The molecule has 9 heteroatoms. The zero-order valence-electron chi connectivity index (χ0n) is 15.0. The maximum absolute atomic E-state index is 12.2. The lowest BCUT2D eigenvalue weighted by Crippen LogP contribution is -2.29.